The van der Waals surface area contributed by atoms with Gasteiger partial charge in [-0.15, -0.1) is 0 Å². The Kier molecular flexibility index (Phi) is 5.87. The van der Waals surface area contributed by atoms with Crippen LogP contribution in [0.2, 0.25) is 0 Å². The Labute approximate surface area is 110 Å². The number of primary amides is 1. The van der Waals surface area contributed by atoms with E-state index in [2.05, 4.69) is 10.5 Å². The van der Waals surface area contributed by atoms with Crippen molar-refractivity contribution in [3.8, 4) is 5.75 Å². The molecule has 0 aliphatic rings. The van der Waals surface area contributed by atoms with E-state index in [0.717, 1.165) is 0 Å². The second-order valence-electron chi connectivity index (χ2n) is 3.37. The molecular formula is C12H15N3O4. The van der Waals surface area contributed by atoms with Gasteiger partial charge in [0.2, 0.25) is 0 Å². The molecule has 1 aromatic carbocycles. The van der Waals surface area contributed by atoms with Crippen LogP contribution in [0.25, 0.3) is 0 Å². The van der Waals surface area contributed by atoms with Crippen molar-refractivity contribution in [2.45, 2.75) is 6.92 Å². The molecule has 0 heterocycles. The number of benzene rings is 1. The van der Waals surface area contributed by atoms with Crippen LogP contribution in [0.5, 0.6) is 5.75 Å². The van der Waals surface area contributed by atoms with Crippen LogP contribution in [0.15, 0.2) is 29.4 Å². The zero-order valence-corrected chi connectivity index (χ0v) is 10.5. The summed E-state index contributed by atoms with van der Waals surface area (Å²) in [5.74, 6) is -0.00456. The van der Waals surface area contributed by atoms with Gasteiger partial charge in [0.05, 0.1) is 12.8 Å². The maximum Gasteiger partial charge on any atom is 0.344 e. The SMILES string of the molecule is CCOC(=O)COc1ccccc1/C=N/NC(N)=O. The molecule has 1 rings (SSSR count). The molecule has 0 aliphatic carbocycles. The van der Waals surface area contributed by atoms with Gasteiger partial charge in [-0.3, -0.25) is 0 Å². The minimum Gasteiger partial charge on any atom is -0.481 e. The van der Waals surface area contributed by atoms with Crippen LogP contribution in [0.1, 0.15) is 12.5 Å². The minimum atomic E-state index is -0.763. The molecule has 1 aromatic rings. The van der Waals surface area contributed by atoms with E-state index in [9.17, 15) is 9.59 Å². The molecule has 19 heavy (non-hydrogen) atoms. The summed E-state index contributed by atoms with van der Waals surface area (Å²) in [7, 11) is 0. The van der Waals surface area contributed by atoms with E-state index < -0.39 is 12.0 Å². The summed E-state index contributed by atoms with van der Waals surface area (Å²) in [6, 6.07) is 6.14. The van der Waals surface area contributed by atoms with Crippen molar-refractivity contribution >= 4 is 18.2 Å². The largest absolute Gasteiger partial charge is 0.481 e. The van der Waals surface area contributed by atoms with Crippen molar-refractivity contribution in [2.75, 3.05) is 13.2 Å². The molecule has 3 N–H and O–H groups in total. The van der Waals surface area contributed by atoms with E-state index in [1.807, 2.05) is 0 Å². The van der Waals surface area contributed by atoms with Crippen molar-refractivity contribution in [1.29, 1.82) is 0 Å². The number of hydrogen-bond acceptors (Lipinski definition) is 5. The van der Waals surface area contributed by atoms with Gasteiger partial charge in [0.15, 0.2) is 6.61 Å². The number of carbonyl (C=O) groups is 2. The van der Waals surface area contributed by atoms with Crippen molar-refractivity contribution < 1.29 is 19.1 Å². The quantitative estimate of drug-likeness (QED) is 0.447. The number of esters is 1. The Balaban J connectivity index is 2.65. The predicted octanol–water partition coefficient (Wildman–Crippen LogP) is 0.631. The molecule has 0 aliphatic heterocycles. The number of nitrogens with one attached hydrogen (secondary N) is 1. The molecule has 0 radical (unpaired) electrons. The third-order valence-electron chi connectivity index (χ3n) is 1.95. The molecule has 0 saturated heterocycles. The standard InChI is InChI=1S/C12H15N3O4/c1-2-18-11(16)8-19-10-6-4-3-5-9(10)7-14-15-12(13)17/h3-7H,2,8H2,1H3,(H3,13,15,17)/b14-7+. The van der Waals surface area contributed by atoms with Crippen LogP contribution in [-0.2, 0) is 9.53 Å². The summed E-state index contributed by atoms with van der Waals surface area (Å²) in [4.78, 5) is 21.6. The van der Waals surface area contributed by atoms with Gasteiger partial charge in [0, 0.05) is 5.56 Å². The van der Waals surface area contributed by atoms with Gasteiger partial charge in [0.1, 0.15) is 5.75 Å². The third-order valence-corrected chi connectivity index (χ3v) is 1.95. The molecule has 2 amide bonds. The summed E-state index contributed by atoms with van der Waals surface area (Å²) in [6.45, 7) is 1.82. The molecule has 0 aromatic heterocycles. The Hall–Kier alpha value is -2.57. The molecule has 0 bridgehead atoms. The van der Waals surface area contributed by atoms with E-state index in [0.29, 0.717) is 17.9 Å². The van der Waals surface area contributed by atoms with Gasteiger partial charge >= 0.3 is 12.0 Å². The van der Waals surface area contributed by atoms with Crippen molar-refractivity contribution in [3.63, 3.8) is 0 Å². The van der Waals surface area contributed by atoms with E-state index in [4.69, 9.17) is 15.2 Å². The Morgan fingerprint density at radius 1 is 1.42 bits per heavy atom. The van der Waals surface area contributed by atoms with Gasteiger partial charge in [0.25, 0.3) is 0 Å². The lowest BCUT2D eigenvalue weighted by Crippen LogP contribution is -2.24. The first-order chi connectivity index (χ1) is 9.13. The van der Waals surface area contributed by atoms with Crippen molar-refractivity contribution in [1.82, 2.24) is 5.43 Å². The number of nitrogens with zero attached hydrogens (tertiary/aromatic N) is 1. The van der Waals surface area contributed by atoms with Gasteiger partial charge in [-0.25, -0.2) is 15.0 Å². The molecule has 7 heteroatoms. The van der Waals surface area contributed by atoms with Crippen LogP contribution >= 0.6 is 0 Å². The van der Waals surface area contributed by atoms with Gasteiger partial charge < -0.3 is 15.2 Å². The Bertz CT molecular complexity index is 474. The lowest BCUT2D eigenvalue weighted by Gasteiger charge is -2.08. The fourth-order valence-corrected chi connectivity index (χ4v) is 1.22. The predicted molar refractivity (Wildman–Crippen MR) is 68.9 cm³/mol. The lowest BCUT2D eigenvalue weighted by atomic mass is 10.2. The van der Waals surface area contributed by atoms with Gasteiger partial charge in [-0.1, -0.05) is 12.1 Å². The fraction of sp³-hybridized carbons (Fsp3) is 0.250. The number of rotatable bonds is 6. The average Bonchev–Trinajstić information content (AvgIpc) is 2.37. The molecule has 0 atom stereocenters. The van der Waals surface area contributed by atoms with Crippen LogP contribution in [0.4, 0.5) is 4.79 Å². The highest BCUT2D eigenvalue weighted by molar-refractivity contribution is 5.84. The molecule has 0 fully saturated rings. The van der Waals surface area contributed by atoms with E-state index in [1.165, 1.54) is 6.21 Å². The molecular weight excluding hydrogens is 250 g/mol. The first kappa shape index (κ1) is 14.5. The number of hydrogen-bond donors (Lipinski definition) is 2. The zero-order valence-electron chi connectivity index (χ0n) is 10.5. The lowest BCUT2D eigenvalue weighted by molar-refractivity contribution is -0.145. The summed E-state index contributed by atoms with van der Waals surface area (Å²) in [5.41, 5.74) is 7.54. The number of hydrazone groups is 1. The molecule has 0 saturated carbocycles. The fourth-order valence-electron chi connectivity index (χ4n) is 1.22. The first-order valence-electron chi connectivity index (χ1n) is 5.59. The van der Waals surface area contributed by atoms with Crippen molar-refractivity contribution in [3.05, 3.63) is 29.8 Å². The summed E-state index contributed by atoms with van der Waals surface area (Å²) < 4.78 is 10.0. The molecule has 0 unspecified atom stereocenters. The number of ether oxygens (including phenoxy) is 2. The molecule has 0 spiro atoms. The number of para-hydroxylation sites is 1. The maximum atomic E-state index is 11.2. The second kappa shape index (κ2) is 7.70. The molecule has 7 nitrogen and oxygen atoms in total. The number of urea groups is 1. The number of carbonyl (C=O) groups excluding carboxylic acids is 2. The summed E-state index contributed by atoms with van der Waals surface area (Å²) in [6.07, 6.45) is 1.37. The summed E-state index contributed by atoms with van der Waals surface area (Å²) >= 11 is 0. The minimum absolute atomic E-state index is 0.193. The zero-order chi connectivity index (χ0) is 14.1. The van der Waals surface area contributed by atoms with Crippen LogP contribution < -0.4 is 15.9 Å². The normalized spacial score (nSPS) is 10.2. The molecule has 102 valence electrons. The van der Waals surface area contributed by atoms with E-state index in [1.54, 1.807) is 31.2 Å². The highest BCUT2D eigenvalue weighted by Crippen LogP contribution is 2.15. The first-order valence-corrected chi connectivity index (χ1v) is 5.59. The van der Waals surface area contributed by atoms with Crippen LogP contribution in [0.3, 0.4) is 0 Å². The van der Waals surface area contributed by atoms with E-state index >= 15 is 0 Å². The highest BCUT2D eigenvalue weighted by atomic mass is 16.6. The van der Waals surface area contributed by atoms with Gasteiger partial charge in [-0.05, 0) is 19.1 Å². The van der Waals surface area contributed by atoms with Crippen molar-refractivity contribution in [2.24, 2.45) is 10.8 Å². The average molecular weight is 265 g/mol. The Morgan fingerprint density at radius 3 is 2.84 bits per heavy atom. The van der Waals surface area contributed by atoms with Crippen LogP contribution in [-0.4, -0.2) is 31.4 Å². The topological polar surface area (TPSA) is 103 Å². The van der Waals surface area contributed by atoms with E-state index in [-0.39, 0.29) is 6.61 Å². The number of amides is 2. The smallest absolute Gasteiger partial charge is 0.344 e. The Morgan fingerprint density at radius 2 is 2.16 bits per heavy atom. The monoisotopic (exact) mass is 265 g/mol. The van der Waals surface area contributed by atoms with Gasteiger partial charge in [-0.2, -0.15) is 5.10 Å². The third kappa shape index (κ3) is 5.53. The highest BCUT2D eigenvalue weighted by Gasteiger charge is 2.05. The second-order valence-corrected chi connectivity index (χ2v) is 3.37. The summed E-state index contributed by atoms with van der Waals surface area (Å²) in [5, 5.41) is 3.62. The maximum absolute atomic E-state index is 11.2. The number of nitrogens with two attached hydrogens (primary N) is 1. The van der Waals surface area contributed by atoms with Crippen LogP contribution in [0, 0.1) is 0 Å².